The SMILES string of the molecule is O=C(Nc1nnc(Cc2ccccc2)s1)c1ccc(Oc2ccccc2)cc1. The van der Waals surface area contributed by atoms with E-state index < -0.39 is 0 Å². The van der Waals surface area contributed by atoms with Crippen molar-refractivity contribution in [1.82, 2.24) is 10.2 Å². The van der Waals surface area contributed by atoms with E-state index in [1.54, 1.807) is 24.3 Å². The number of carbonyl (C=O) groups is 1. The summed E-state index contributed by atoms with van der Waals surface area (Å²) < 4.78 is 5.74. The van der Waals surface area contributed by atoms with E-state index in [2.05, 4.69) is 15.5 Å². The molecule has 0 fully saturated rings. The Bertz CT molecular complexity index is 1050. The highest BCUT2D eigenvalue weighted by Gasteiger charge is 2.11. The molecule has 0 atom stereocenters. The summed E-state index contributed by atoms with van der Waals surface area (Å²) in [7, 11) is 0. The summed E-state index contributed by atoms with van der Waals surface area (Å²) in [4.78, 5) is 12.4. The Hall–Kier alpha value is -3.51. The zero-order valence-corrected chi connectivity index (χ0v) is 15.7. The lowest BCUT2D eigenvalue weighted by Gasteiger charge is -2.06. The van der Waals surface area contributed by atoms with Gasteiger partial charge in [-0.2, -0.15) is 0 Å². The van der Waals surface area contributed by atoms with Crippen molar-refractivity contribution in [2.45, 2.75) is 6.42 Å². The number of benzene rings is 3. The number of nitrogens with zero attached hydrogens (tertiary/aromatic N) is 2. The zero-order valence-electron chi connectivity index (χ0n) is 14.9. The van der Waals surface area contributed by atoms with E-state index in [1.165, 1.54) is 11.3 Å². The maximum Gasteiger partial charge on any atom is 0.257 e. The molecule has 0 spiro atoms. The van der Waals surface area contributed by atoms with Gasteiger partial charge in [0.15, 0.2) is 0 Å². The molecule has 0 aliphatic rings. The molecular weight excluding hydrogens is 370 g/mol. The summed E-state index contributed by atoms with van der Waals surface area (Å²) in [5.41, 5.74) is 1.69. The van der Waals surface area contributed by atoms with Gasteiger partial charge in [0, 0.05) is 12.0 Å². The van der Waals surface area contributed by atoms with Crippen LogP contribution in [-0.2, 0) is 6.42 Å². The second kappa shape index (κ2) is 8.45. The molecule has 5 nitrogen and oxygen atoms in total. The predicted octanol–water partition coefficient (Wildman–Crippen LogP) is 5.17. The van der Waals surface area contributed by atoms with Gasteiger partial charge in [-0.1, -0.05) is 59.9 Å². The van der Waals surface area contributed by atoms with Crippen molar-refractivity contribution in [3.63, 3.8) is 0 Å². The van der Waals surface area contributed by atoms with Crippen molar-refractivity contribution in [2.75, 3.05) is 5.32 Å². The number of amides is 1. The van der Waals surface area contributed by atoms with Crippen LogP contribution in [0.4, 0.5) is 5.13 Å². The van der Waals surface area contributed by atoms with E-state index in [9.17, 15) is 4.79 Å². The van der Waals surface area contributed by atoms with Crippen LogP contribution in [0.1, 0.15) is 20.9 Å². The van der Waals surface area contributed by atoms with E-state index in [-0.39, 0.29) is 5.91 Å². The average molecular weight is 387 g/mol. The fourth-order valence-corrected chi connectivity index (χ4v) is 3.38. The Kier molecular flexibility index (Phi) is 5.40. The van der Waals surface area contributed by atoms with Crippen molar-refractivity contribution in [1.29, 1.82) is 0 Å². The molecule has 138 valence electrons. The summed E-state index contributed by atoms with van der Waals surface area (Å²) in [6, 6.07) is 26.5. The lowest BCUT2D eigenvalue weighted by atomic mass is 10.2. The molecule has 4 aromatic rings. The lowest BCUT2D eigenvalue weighted by Crippen LogP contribution is -2.11. The number of hydrogen-bond acceptors (Lipinski definition) is 5. The van der Waals surface area contributed by atoms with Crippen molar-refractivity contribution in [2.24, 2.45) is 0 Å². The number of rotatable bonds is 6. The van der Waals surface area contributed by atoms with Gasteiger partial charge in [0.1, 0.15) is 16.5 Å². The number of aromatic nitrogens is 2. The number of para-hydroxylation sites is 1. The molecule has 0 saturated heterocycles. The number of hydrogen-bond donors (Lipinski definition) is 1. The first-order valence-electron chi connectivity index (χ1n) is 8.77. The summed E-state index contributed by atoms with van der Waals surface area (Å²) in [5.74, 6) is 1.19. The van der Waals surface area contributed by atoms with Crippen LogP contribution in [0.15, 0.2) is 84.9 Å². The monoisotopic (exact) mass is 387 g/mol. The van der Waals surface area contributed by atoms with E-state index in [1.807, 2.05) is 60.7 Å². The quantitative estimate of drug-likeness (QED) is 0.495. The van der Waals surface area contributed by atoms with Gasteiger partial charge in [0.05, 0.1) is 0 Å². The van der Waals surface area contributed by atoms with Crippen LogP contribution in [0.25, 0.3) is 0 Å². The van der Waals surface area contributed by atoms with Gasteiger partial charge in [-0.3, -0.25) is 10.1 Å². The molecule has 1 aromatic heterocycles. The van der Waals surface area contributed by atoms with Gasteiger partial charge in [-0.05, 0) is 42.0 Å². The van der Waals surface area contributed by atoms with Gasteiger partial charge in [0.2, 0.25) is 5.13 Å². The maximum atomic E-state index is 12.4. The fraction of sp³-hybridized carbons (Fsp3) is 0.0455. The normalized spacial score (nSPS) is 10.4. The molecular formula is C22H17N3O2S. The molecule has 1 amide bonds. The summed E-state index contributed by atoms with van der Waals surface area (Å²) in [6.45, 7) is 0. The highest BCUT2D eigenvalue weighted by atomic mass is 32.1. The molecule has 4 rings (SSSR count). The van der Waals surface area contributed by atoms with Gasteiger partial charge in [-0.15, -0.1) is 10.2 Å². The molecule has 28 heavy (non-hydrogen) atoms. The van der Waals surface area contributed by atoms with Crippen LogP contribution in [-0.4, -0.2) is 16.1 Å². The molecule has 1 N–H and O–H groups in total. The largest absolute Gasteiger partial charge is 0.457 e. The Morgan fingerprint density at radius 3 is 2.18 bits per heavy atom. The van der Waals surface area contributed by atoms with E-state index >= 15 is 0 Å². The van der Waals surface area contributed by atoms with Crippen molar-refractivity contribution in [3.8, 4) is 11.5 Å². The molecule has 0 bridgehead atoms. The Labute approximate surface area is 166 Å². The summed E-state index contributed by atoms with van der Waals surface area (Å²) >= 11 is 1.38. The topological polar surface area (TPSA) is 64.1 Å². The van der Waals surface area contributed by atoms with Crippen LogP contribution < -0.4 is 10.1 Å². The molecule has 0 aliphatic heterocycles. The van der Waals surface area contributed by atoms with E-state index in [0.717, 1.165) is 16.3 Å². The molecule has 6 heteroatoms. The van der Waals surface area contributed by atoms with Crippen molar-refractivity contribution < 1.29 is 9.53 Å². The smallest absolute Gasteiger partial charge is 0.257 e. The standard InChI is InChI=1S/C22H17N3O2S/c26-21(17-11-13-19(14-12-17)27-18-9-5-2-6-10-18)23-22-25-24-20(28-22)15-16-7-3-1-4-8-16/h1-14H,15H2,(H,23,25,26). The van der Waals surface area contributed by atoms with Gasteiger partial charge in [-0.25, -0.2) is 0 Å². The van der Waals surface area contributed by atoms with Crippen LogP contribution in [0.2, 0.25) is 0 Å². The first-order valence-corrected chi connectivity index (χ1v) is 9.58. The van der Waals surface area contributed by atoms with Crippen molar-refractivity contribution >= 4 is 22.4 Å². The molecule has 0 aliphatic carbocycles. The fourth-order valence-electron chi connectivity index (χ4n) is 2.61. The molecule has 3 aromatic carbocycles. The minimum atomic E-state index is -0.228. The molecule has 1 heterocycles. The maximum absolute atomic E-state index is 12.4. The van der Waals surface area contributed by atoms with Gasteiger partial charge < -0.3 is 4.74 Å². The zero-order chi connectivity index (χ0) is 19.2. The van der Waals surface area contributed by atoms with Gasteiger partial charge >= 0.3 is 0 Å². The van der Waals surface area contributed by atoms with E-state index in [4.69, 9.17) is 4.74 Å². The van der Waals surface area contributed by atoms with Crippen LogP contribution in [0, 0.1) is 0 Å². The van der Waals surface area contributed by atoms with E-state index in [0.29, 0.717) is 22.9 Å². The van der Waals surface area contributed by atoms with Crippen LogP contribution in [0.5, 0.6) is 11.5 Å². The highest BCUT2D eigenvalue weighted by Crippen LogP contribution is 2.22. The highest BCUT2D eigenvalue weighted by molar-refractivity contribution is 7.15. The second-order valence-electron chi connectivity index (χ2n) is 6.06. The predicted molar refractivity (Wildman–Crippen MR) is 110 cm³/mol. The molecule has 0 radical (unpaired) electrons. The number of carbonyl (C=O) groups excluding carboxylic acids is 1. The minimum Gasteiger partial charge on any atom is -0.457 e. The third-order valence-electron chi connectivity index (χ3n) is 3.98. The van der Waals surface area contributed by atoms with Crippen molar-refractivity contribution in [3.05, 3.63) is 101 Å². The van der Waals surface area contributed by atoms with Crippen LogP contribution in [0.3, 0.4) is 0 Å². The average Bonchev–Trinajstić information content (AvgIpc) is 3.17. The summed E-state index contributed by atoms with van der Waals surface area (Å²) in [6.07, 6.45) is 0.694. The summed E-state index contributed by atoms with van der Waals surface area (Å²) in [5, 5.41) is 12.4. The Morgan fingerprint density at radius 2 is 1.46 bits per heavy atom. The third kappa shape index (κ3) is 4.61. The first-order chi connectivity index (χ1) is 13.8. The number of ether oxygens (including phenoxy) is 1. The van der Waals surface area contributed by atoms with Crippen LogP contribution >= 0.6 is 11.3 Å². The lowest BCUT2D eigenvalue weighted by molar-refractivity contribution is 0.102. The number of nitrogens with one attached hydrogen (secondary N) is 1. The minimum absolute atomic E-state index is 0.228. The molecule has 0 unspecified atom stereocenters. The second-order valence-corrected chi connectivity index (χ2v) is 7.12. The number of anilines is 1. The molecule has 0 saturated carbocycles. The first kappa shape index (κ1) is 17.9. The Morgan fingerprint density at radius 1 is 0.821 bits per heavy atom. The van der Waals surface area contributed by atoms with Gasteiger partial charge in [0.25, 0.3) is 5.91 Å². The third-order valence-corrected chi connectivity index (χ3v) is 4.82. The Balaban J connectivity index is 1.37.